The number of ether oxygens (including phenoxy) is 1. The van der Waals surface area contributed by atoms with Crippen LogP contribution >= 0.6 is 11.6 Å². The maximum atomic E-state index is 11.6. The molecule has 0 unspecified atom stereocenters. The third-order valence-electron chi connectivity index (χ3n) is 0.899. The van der Waals surface area contributed by atoms with Gasteiger partial charge in [0.1, 0.15) is 0 Å². The smallest absolute Gasteiger partial charge is 0.387 e. The van der Waals surface area contributed by atoms with Crippen molar-refractivity contribution < 1.29 is 13.5 Å². The van der Waals surface area contributed by atoms with Gasteiger partial charge >= 0.3 is 6.61 Å². The van der Waals surface area contributed by atoms with Gasteiger partial charge in [-0.2, -0.15) is 8.78 Å². The van der Waals surface area contributed by atoms with E-state index >= 15 is 0 Å². The number of halogens is 3. The van der Waals surface area contributed by atoms with E-state index in [0.29, 0.717) is 0 Å². The predicted octanol–water partition coefficient (Wildman–Crippen LogP) is 2.14. The van der Waals surface area contributed by atoms with Crippen molar-refractivity contribution in [2.24, 2.45) is 0 Å². The minimum absolute atomic E-state index is 0.0697. The predicted molar refractivity (Wildman–Crippen MR) is 34.7 cm³/mol. The van der Waals surface area contributed by atoms with Gasteiger partial charge in [-0.3, -0.25) is 4.98 Å². The maximum absolute atomic E-state index is 11.6. The summed E-state index contributed by atoms with van der Waals surface area (Å²) in [6.45, 7) is -2.88. The van der Waals surface area contributed by atoms with E-state index in [4.69, 9.17) is 11.6 Å². The summed E-state index contributed by atoms with van der Waals surface area (Å²) in [5, 5.41) is 0.0697. The van der Waals surface area contributed by atoms with Gasteiger partial charge in [-0.25, -0.2) is 0 Å². The van der Waals surface area contributed by atoms with Crippen molar-refractivity contribution in [1.29, 1.82) is 0 Å². The van der Waals surface area contributed by atoms with E-state index in [0.717, 1.165) is 6.20 Å². The lowest BCUT2D eigenvalue weighted by atomic mass is 10.5. The largest absolute Gasteiger partial charge is 0.432 e. The number of rotatable bonds is 2. The molecule has 0 aliphatic carbocycles. The number of hydrogen-bond acceptors (Lipinski definition) is 2. The lowest BCUT2D eigenvalue weighted by Gasteiger charge is -2.03. The molecular weight excluding hydrogens is 176 g/mol. The van der Waals surface area contributed by atoms with Crippen LogP contribution in [0.15, 0.2) is 12.3 Å². The van der Waals surface area contributed by atoms with Crippen LogP contribution in [0.2, 0.25) is 5.02 Å². The van der Waals surface area contributed by atoms with Crippen LogP contribution in [0.5, 0.6) is 5.75 Å². The Morgan fingerprint density at radius 2 is 2.36 bits per heavy atom. The van der Waals surface area contributed by atoms with Crippen molar-refractivity contribution in [3.63, 3.8) is 0 Å². The molecule has 0 spiro atoms. The van der Waals surface area contributed by atoms with Crippen LogP contribution in [0.25, 0.3) is 0 Å². The monoisotopic (exact) mass is 178 g/mol. The van der Waals surface area contributed by atoms with Crippen LogP contribution in [-0.2, 0) is 0 Å². The van der Waals surface area contributed by atoms with E-state index in [1.54, 1.807) is 0 Å². The van der Waals surface area contributed by atoms with Gasteiger partial charge in [0.25, 0.3) is 0 Å². The Balaban J connectivity index is 2.78. The van der Waals surface area contributed by atoms with Crippen LogP contribution in [0, 0.1) is 6.20 Å². The number of alkyl halides is 2. The SMILES string of the molecule is FC(F)Oc1cn[c]cc1Cl. The molecule has 1 rings (SSSR count). The fourth-order valence-electron chi connectivity index (χ4n) is 0.505. The van der Waals surface area contributed by atoms with E-state index in [-0.39, 0.29) is 10.8 Å². The summed E-state index contributed by atoms with van der Waals surface area (Å²) >= 11 is 5.44. The quantitative estimate of drug-likeness (QED) is 0.692. The maximum Gasteiger partial charge on any atom is 0.387 e. The summed E-state index contributed by atoms with van der Waals surface area (Å²) in [5.41, 5.74) is 0. The van der Waals surface area contributed by atoms with Crippen molar-refractivity contribution in [1.82, 2.24) is 4.98 Å². The van der Waals surface area contributed by atoms with Gasteiger partial charge in [0, 0.05) is 0 Å². The molecule has 0 N–H and O–H groups in total. The minimum Gasteiger partial charge on any atom is -0.432 e. The van der Waals surface area contributed by atoms with Crippen molar-refractivity contribution >= 4 is 11.6 Å². The third kappa shape index (κ3) is 2.31. The summed E-state index contributed by atoms with van der Waals surface area (Å²) in [4.78, 5) is 3.43. The van der Waals surface area contributed by atoms with E-state index < -0.39 is 6.61 Å². The molecule has 1 heterocycles. The molecule has 0 saturated heterocycles. The normalized spacial score (nSPS) is 10.2. The molecule has 1 aromatic heterocycles. The molecule has 0 fully saturated rings. The molecular formula is C6H3ClF2NO. The zero-order valence-corrected chi connectivity index (χ0v) is 5.98. The Bertz CT molecular complexity index is 244. The lowest BCUT2D eigenvalue weighted by Crippen LogP contribution is -2.02. The second-order valence-corrected chi connectivity index (χ2v) is 2.03. The Morgan fingerprint density at radius 3 is 2.91 bits per heavy atom. The molecule has 0 aliphatic rings. The van der Waals surface area contributed by atoms with E-state index in [2.05, 4.69) is 15.9 Å². The zero-order valence-electron chi connectivity index (χ0n) is 5.22. The van der Waals surface area contributed by atoms with Gasteiger partial charge in [-0.05, 0) is 6.07 Å². The first-order chi connectivity index (χ1) is 5.20. The fourth-order valence-corrected chi connectivity index (χ4v) is 0.647. The summed E-state index contributed by atoms with van der Waals surface area (Å²) in [6.07, 6.45) is 3.45. The highest BCUT2D eigenvalue weighted by Crippen LogP contribution is 2.23. The topological polar surface area (TPSA) is 22.1 Å². The number of nitrogens with zero attached hydrogens (tertiary/aromatic N) is 1. The van der Waals surface area contributed by atoms with Crippen LogP contribution in [-0.4, -0.2) is 11.6 Å². The lowest BCUT2D eigenvalue weighted by molar-refractivity contribution is -0.0500. The highest BCUT2D eigenvalue weighted by molar-refractivity contribution is 6.31. The Labute approximate surface area is 66.8 Å². The summed E-state index contributed by atoms with van der Waals surface area (Å²) < 4.78 is 27.2. The van der Waals surface area contributed by atoms with Gasteiger partial charge < -0.3 is 4.74 Å². The minimum atomic E-state index is -2.88. The van der Waals surface area contributed by atoms with Gasteiger partial charge in [0.05, 0.1) is 17.4 Å². The summed E-state index contributed by atoms with van der Waals surface area (Å²) in [7, 11) is 0. The zero-order chi connectivity index (χ0) is 8.27. The molecule has 0 amide bonds. The summed E-state index contributed by atoms with van der Waals surface area (Å²) in [6, 6.07) is 1.25. The van der Waals surface area contributed by atoms with Crippen LogP contribution < -0.4 is 4.74 Å². The van der Waals surface area contributed by atoms with Crippen molar-refractivity contribution in [2.45, 2.75) is 6.61 Å². The second-order valence-electron chi connectivity index (χ2n) is 1.62. The number of pyridine rings is 1. The van der Waals surface area contributed by atoms with Crippen molar-refractivity contribution in [2.75, 3.05) is 0 Å². The highest BCUT2D eigenvalue weighted by atomic mass is 35.5. The molecule has 11 heavy (non-hydrogen) atoms. The van der Waals surface area contributed by atoms with Crippen molar-refractivity contribution in [3.8, 4) is 5.75 Å². The molecule has 0 bridgehead atoms. The summed E-state index contributed by atoms with van der Waals surface area (Å²) in [5.74, 6) is -0.139. The molecule has 0 aromatic carbocycles. The van der Waals surface area contributed by atoms with Crippen molar-refractivity contribution in [3.05, 3.63) is 23.5 Å². The number of aromatic nitrogens is 1. The Morgan fingerprint density at radius 1 is 1.64 bits per heavy atom. The molecule has 1 aromatic rings. The van der Waals surface area contributed by atoms with Gasteiger partial charge in [-0.15, -0.1) is 0 Å². The van der Waals surface area contributed by atoms with Gasteiger partial charge in [0.2, 0.25) is 0 Å². The van der Waals surface area contributed by atoms with Crippen LogP contribution in [0.3, 0.4) is 0 Å². The highest BCUT2D eigenvalue weighted by Gasteiger charge is 2.07. The Kier molecular flexibility index (Phi) is 2.59. The van der Waals surface area contributed by atoms with Gasteiger partial charge in [-0.1, -0.05) is 11.6 Å². The average molecular weight is 179 g/mol. The molecule has 0 aliphatic heterocycles. The molecule has 1 radical (unpaired) electrons. The first-order valence-corrected chi connectivity index (χ1v) is 3.04. The third-order valence-corrected chi connectivity index (χ3v) is 1.19. The van der Waals surface area contributed by atoms with E-state index in [1.807, 2.05) is 0 Å². The standard InChI is InChI=1S/C6H3ClF2NO/c7-4-1-2-10-3-5(4)11-6(8)9/h1,3,6H. The first-order valence-electron chi connectivity index (χ1n) is 2.66. The first kappa shape index (κ1) is 8.20. The molecule has 2 nitrogen and oxygen atoms in total. The Hall–Kier alpha value is -0.900. The average Bonchev–Trinajstić information content (AvgIpc) is 1.93. The van der Waals surface area contributed by atoms with Gasteiger partial charge in [0.15, 0.2) is 5.75 Å². The fraction of sp³-hybridized carbons (Fsp3) is 0.167. The van der Waals surface area contributed by atoms with Crippen LogP contribution in [0.4, 0.5) is 8.78 Å². The van der Waals surface area contributed by atoms with E-state index in [1.165, 1.54) is 6.07 Å². The van der Waals surface area contributed by atoms with E-state index in [9.17, 15) is 8.78 Å². The van der Waals surface area contributed by atoms with Crippen LogP contribution in [0.1, 0.15) is 0 Å². The molecule has 59 valence electrons. The molecule has 0 saturated carbocycles. The number of hydrogen-bond donors (Lipinski definition) is 0. The molecule has 5 heteroatoms. The molecule has 0 atom stereocenters. The second kappa shape index (κ2) is 3.48.